The molecule has 2 aliphatic heterocycles. The van der Waals surface area contributed by atoms with Crippen LogP contribution in [0, 0.1) is 5.41 Å². The number of aliphatic carboxylic acids is 1. The number of halogens is 1. The first-order valence-corrected chi connectivity index (χ1v) is 3.69. The molecule has 3 nitrogen and oxygen atoms in total. The number of carbonyl (C=O) groups is 1. The third kappa shape index (κ3) is 1.12. The van der Waals surface area contributed by atoms with Gasteiger partial charge in [0.1, 0.15) is 0 Å². The zero-order valence-electron chi connectivity index (χ0n) is 6.25. The van der Waals surface area contributed by atoms with Crippen LogP contribution >= 0.6 is 12.4 Å². The van der Waals surface area contributed by atoms with E-state index in [9.17, 15) is 4.79 Å². The molecule has 2 fully saturated rings. The zero-order valence-corrected chi connectivity index (χ0v) is 7.06. The molecule has 11 heavy (non-hydrogen) atoms. The molecule has 1 N–H and O–H groups in total. The molecule has 0 spiro atoms. The number of piperidine rings is 1. The quantitative estimate of drug-likeness (QED) is 0.638. The molecule has 0 radical (unpaired) electrons. The summed E-state index contributed by atoms with van der Waals surface area (Å²) in [5.74, 6) is -0.590. The van der Waals surface area contributed by atoms with E-state index in [0.717, 1.165) is 32.5 Å². The molecule has 2 saturated heterocycles. The molecule has 0 aromatic heterocycles. The standard InChI is InChI=1S/C7H11NO2.ClH/c9-6(10)7-1-3-8(5-7)4-2-7;/h1-5H2,(H,9,10);1H. The molecule has 0 aromatic rings. The highest BCUT2D eigenvalue weighted by Gasteiger charge is 2.49. The zero-order chi connectivity index (χ0) is 7.19. The molecule has 2 aliphatic rings. The van der Waals surface area contributed by atoms with Crippen LogP contribution in [-0.2, 0) is 4.79 Å². The molecule has 0 aromatic carbocycles. The fourth-order valence-electron chi connectivity index (χ4n) is 2.01. The van der Waals surface area contributed by atoms with Gasteiger partial charge >= 0.3 is 5.97 Å². The summed E-state index contributed by atoms with van der Waals surface area (Å²) in [6, 6.07) is 0. The Bertz CT molecular complexity index is 175. The van der Waals surface area contributed by atoms with E-state index in [2.05, 4.69) is 4.90 Å². The highest BCUT2D eigenvalue weighted by molar-refractivity contribution is 5.85. The third-order valence-electron chi connectivity index (χ3n) is 2.79. The summed E-state index contributed by atoms with van der Waals surface area (Å²) >= 11 is 0. The summed E-state index contributed by atoms with van der Waals surface area (Å²) in [6.07, 6.45) is 1.73. The lowest BCUT2D eigenvalue weighted by Crippen LogP contribution is -2.29. The second kappa shape index (κ2) is 2.64. The van der Waals surface area contributed by atoms with Gasteiger partial charge in [0.25, 0.3) is 0 Å². The average molecular weight is 178 g/mol. The first-order chi connectivity index (χ1) is 4.73. The molecular formula is C7H12ClNO2. The predicted molar refractivity (Wildman–Crippen MR) is 43.0 cm³/mol. The number of hydrogen-bond donors (Lipinski definition) is 1. The summed E-state index contributed by atoms with van der Waals surface area (Å²) < 4.78 is 0. The lowest BCUT2D eigenvalue weighted by Gasteiger charge is -2.18. The normalized spacial score (nSPS) is 40.2. The molecular weight excluding hydrogens is 166 g/mol. The van der Waals surface area contributed by atoms with Crippen LogP contribution in [0.5, 0.6) is 0 Å². The Labute approximate surface area is 71.8 Å². The van der Waals surface area contributed by atoms with Gasteiger partial charge in [-0.15, -0.1) is 12.4 Å². The number of fused-ring (bicyclic) bond motifs is 2. The first kappa shape index (κ1) is 8.81. The Morgan fingerprint density at radius 1 is 1.36 bits per heavy atom. The molecule has 4 heteroatoms. The largest absolute Gasteiger partial charge is 0.481 e. The van der Waals surface area contributed by atoms with E-state index in [-0.39, 0.29) is 17.8 Å². The van der Waals surface area contributed by atoms with E-state index in [4.69, 9.17) is 5.11 Å². The van der Waals surface area contributed by atoms with Crippen molar-refractivity contribution in [3.05, 3.63) is 0 Å². The lowest BCUT2D eigenvalue weighted by atomic mass is 9.85. The Balaban J connectivity index is 0.000000605. The van der Waals surface area contributed by atoms with Gasteiger partial charge in [-0.1, -0.05) is 0 Å². The van der Waals surface area contributed by atoms with Crippen LogP contribution in [0.2, 0.25) is 0 Å². The molecule has 2 rings (SSSR count). The van der Waals surface area contributed by atoms with Crippen LogP contribution < -0.4 is 0 Å². The number of nitrogens with zero attached hydrogens (tertiary/aromatic N) is 1. The van der Waals surface area contributed by atoms with E-state index in [0.29, 0.717) is 0 Å². The van der Waals surface area contributed by atoms with Crippen molar-refractivity contribution in [3.63, 3.8) is 0 Å². The number of rotatable bonds is 1. The summed E-state index contributed by atoms with van der Waals surface area (Å²) in [5.41, 5.74) is -0.347. The Hall–Kier alpha value is -0.280. The van der Waals surface area contributed by atoms with Crippen molar-refractivity contribution in [2.75, 3.05) is 19.6 Å². The second-order valence-corrected chi connectivity index (χ2v) is 3.36. The van der Waals surface area contributed by atoms with Crippen molar-refractivity contribution in [3.8, 4) is 0 Å². The highest BCUT2D eigenvalue weighted by Crippen LogP contribution is 2.40. The van der Waals surface area contributed by atoms with Gasteiger partial charge in [0.2, 0.25) is 0 Å². The van der Waals surface area contributed by atoms with Crippen LogP contribution in [-0.4, -0.2) is 35.6 Å². The van der Waals surface area contributed by atoms with Gasteiger partial charge < -0.3 is 10.0 Å². The number of hydrogen-bond acceptors (Lipinski definition) is 2. The van der Waals surface area contributed by atoms with Crippen molar-refractivity contribution in [1.29, 1.82) is 0 Å². The first-order valence-electron chi connectivity index (χ1n) is 3.69. The van der Waals surface area contributed by atoms with Crippen molar-refractivity contribution < 1.29 is 9.90 Å². The summed E-state index contributed by atoms with van der Waals surface area (Å²) in [6.45, 7) is 2.78. The van der Waals surface area contributed by atoms with Crippen LogP contribution in [0.3, 0.4) is 0 Å². The lowest BCUT2D eigenvalue weighted by molar-refractivity contribution is -0.147. The molecule has 0 unspecified atom stereocenters. The van der Waals surface area contributed by atoms with Crippen LogP contribution in [0.25, 0.3) is 0 Å². The number of carboxylic acids is 1. The van der Waals surface area contributed by atoms with E-state index in [1.54, 1.807) is 0 Å². The molecule has 0 atom stereocenters. The summed E-state index contributed by atoms with van der Waals surface area (Å²) in [4.78, 5) is 13.0. The van der Waals surface area contributed by atoms with Gasteiger partial charge in [-0.2, -0.15) is 0 Å². The van der Waals surface area contributed by atoms with Gasteiger partial charge in [0.15, 0.2) is 0 Å². The summed E-state index contributed by atoms with van der Waals surface area (Å²) in [7, 11) is 0. The van der Waals surface area contributed by atoms with Crippen molar-refractivity contribution in [2.24, 2.45) is 5.41 Å². The molecule has 2 bridgehead atoms. The minimum absolute atomic E-state index is 0. The SMILES string of the molecule is Cl.O=C(O)C12CCN(CC1)C2. The van der Waals surface area contributed by atoms with Crippen molar-refractivity contribution in [2.45, 2.75) is 12.8 Å². The van der Waals surface area contributed by atoms with E-state index in [1.165, 1.54) is 0 Å². The molecule has 64 valence electrons. The topological polar surface area (TPSA) is 40.5 Å². The minimum atomic E-state index is -0.590. The second-order valence-electron chi connectivity index (χ2n) is 3.36. The molecule has 0 amide bonds. The van der Waals surface area contributed by atoms with Gasteiger partial charge in [0, 0.05) is 6.54 Å². The summed E-state index contributed by atoms with van der Waals surface area (Å²) in [5, 5.41) is 8.86. The van der Waals surface area contributed by atoms with E-state index < -0.39 is 5.97 Å². The maximum atomic E-state index is 10.8. The maximum absolute atomic E-state index is 10.8. The van der Waals surface area contributed by atoms with Gasteiger partial charge in [-0.05, 0) is 25.9 Å². The Morgan fingerprint density at radius 2 is 1.91 bits per heavy atom. The third-order valence-corrected chi connectivity index (χ3v) is 2.79. The predicted octanol–water partition coefficient (Wildman–Crippen LogP) is 0.589. The van der Waals surface area contributed by atoms with Crippen molar-refractivity contribution >= 4 is 18.4 Å². The van der Waals surface area contributed by atoms with Gasteiger partial charge in [0.05, 0.1) is 5.41 Å². The van der Waals surface area contributed by atoms with Crippen LogP contribution in [0.1, 0.15) is 12.8 Å². The van der Waals surface area contributed by atoms with Gasteiger partial charge in [-0.3, -0.25) is 4.79 Å². The monoisotopic (exact) mass is 177 g/mol. The number of carboxylic acid groups (broad SMARTS) is 1. The van der Waals surface area contributed by atoms with Crippen LogP contribution in [0.15, 0.2) is 0 Å². The Kier molecular flexibility index (Phi) is 2.12. The molecule has 2 heterocycles. The van der Waals surface area contributed by atoms with Crippen molar-refractivity contribution in [1.82, 2.24) is 4.90 Å². The molecule has 0 saturated carbocycles. The Morgan fingerprint density at radius 3 is 2.09 bits per heavy atom. The van der Waals surface area contributed by atoms with Gasteiger partial charge in [-0.25, -0.2) is 0 Å². The fourth-order valence-corrected chi connectivity index (χ4v) is 2.01. The van der Waals surface area contributed by atoms with E-state index >= 15 is 0 Å². The highest BCUT2D eigenvalue weighted by atomic mass is 35.5. The van der Waals surface area contributed by atoms with E-state index in [1.807, 2.05) is 0 Å². The van der Waals surface area contributed by atoms with Crippen LogP contribution in [0.4, 0.5) is 0 Å². The fraction of sp³-hybridized carbons (Fsp3) is 0.857. The minimum Gasteiger partial charge on any atom is -0.481 e. The average Bonchev–Trinajstić information content (AvgIpc) is 2.45. The smallest absolute Gasteiger partial charge is 0.311 e. The maximum Gasteiger partial charge on any atom is 0.311 e. The molecule has 0 aliphatic carbocycles.